The molecule has 1 aromatic heterocycles. The van der Waals surface area contributed by atoms with Gasteiger partial charge in [0.2, 0.25) is 5.91 Å². The number of halogens is 1. The van der Waals surface area contributed by atoms with E-state index in [4.69, 9.17) is 16.3 Å². The van der Waals surface area contributed by atoms with Gasteiger partial charge >= 0.3 is 0 Å². The van der Waals surface area contributed by atoms with Gasteiger partial charge in [-0.05, 0) is 79.9 Å². The van der Waals surface area contributed by atoms with E-state index in [1.807, 2.05) is 58.0 Å². The first-order chi connectivity index (χ1) is 16.7. The molecule has 0 aliphatic rings. The van der Waals surface area contributed by atoms with Crippen LogP contribution in [0.1, 0.15) is 46.6 Å². The fraction of sp³-hybridized carbons (Fsp3) is 0.320. The van der Waals surface area contributed by atoms with E-state index < -0.39 is 5.24 Å². The lowest BCUT2D eigenvalue weighted by molar-refractivity contribution is -0.116. The Balaban J connectivity index is 1.90. The van der Waals surface area contributed by atoms with Gasteiger partial charge in [0, 0.05) is 37.2 Å². The standard InChI is InChI=1S/C25H29ClN6O3/c1-7-31-24(25(26)34)17(4)23(28-31)19-11-12-22(16(3)13-19)35-14-20-15(2)9-8-10-21(20)32(18(5)33)30-29-27-6/h8-13H,7,14H2,1-6H3,(H,27,30). The monoisotopic (exact) mass is 496 g/mol. The van der Waals surface area contributed by atoms with Crippen molar-refractivity contribution >= 4 is 28.4 Å². The van der Waals surface area contributed by atoms with Crippen molar-refractivity contribution < 1.29 is 14.3 Å². The van der Waals surface area contributed by atoms with Gasteiger partial charge in [0.15, 0.2) is 0 Å². The molecule has 0 radical (unpaired) electrons. The molecule has 3 aromatic rings. The molecule has 1 heterocycles. The summed E-state index contributed by atoms with van der Waals surface area (Å²) in [6, 6.07) is 11.4. The maximum atomic E-state index is 12.2. The Hall–Kier alpha value is -3.72. The van der Waals surface area contributed by atoms with Gasteiger partial charge in [-0.2, -0.15) is 10.1 Å². The molecule has 0 saturated carbocycles. The molecule has 10 heteroatoms. The van der Waals surface area contributed by atoms with Crippen molar-refractivity contribution in [2.45, 2.75) is 47.8 Å². The van der Waals surface area contributed by atoms with Gasteiger partial charge in [-0.1, -0.05) is 17.4 Å². The number of benzene rings is 2. The first-order valence-electron chi connectivity index (χ1n) is 11.2. The smallest absolute Gasteiger partial charge is 0.270 e. The molecule has 35 heavy (non-hydrogen) atoms. The number of hydrogen-bond donors (Lipinski definition) is 1. The molecule has 0 atom stereocenters. The molecule has 0 saturated heterocycles. The van der Waals surface area contributed by atoms with Crippen molar-refractivity contribution in [3.05, 3.63) is 64.3 Å². The Kier molecular flexibility index (Phi) is 8.24. The van der Waals surface area contributed by atoms with E-state index in [0.717, 1.165) is 27.8 Å². The number of aromatic nitrogens is 2. The van der Waals surface area contributed by atoms with Crippen LogP contribution in [0.3, 0.4) is 0 Å². The number of carbonyl (C=O) groups excluding carboxylic acids is 2. The molecule has 1 amide bonds. The molecule has 0 bridgehead atoms. The predicted octanol–water partition coefficient (Wildman–Crippen LogP) is 5.31. The number of nitrogens with zero attached hydrogens (tertiary/aromatic N) is 5. The quantitative estimate of drug-likeness (QED) is 0.246. The minimum atomic E-state index is -0.525. The zero-order valence-corrected chi connectivity index (χ0v) is 21.5. The Morgan fingerprint density at radius 1 is 1.17 bits per heavy atom. The van der Waals surface area contributed by atoms with Gasteiger partial charge in [0.1, 0.15) is 18.1 Å². The number of carbonyl (C=O) groups is 2. The molecule has 0 fully saturated rings. The van der Waals surface area contributed by atoms with Crippen LogP contribution in [0.4, 0.5) is 5.69 Å². The molecule has 0 aliphatic heterocycles. The highest BCUT2D eigenvalue weighted by molar-refractivity contribution is 6.67. The Bertz CT molecular complexity index is 1280. The predicted molar refractivity (Wildman–Crippen MR) is 136 cm³/mol. The van der Waals surface area contributed by atoms with Crippen LogP contribution < -0.4 is 15.2 Å². The molecule has 0 spiro atoms. The average molecular weight is 497 g/mol. The summed E-state index contributed by atoms with van der Waals surface area (Å²) < 4.78 is 7.78. The second kappa shape index (κ2) is 11.1. The summed E-state index contributed by atoms with van der Waals surface area (Å²) in [5, 5.41) is 13.0. The number of hydrogen-bond acceptors (Lipinski definition) is 6. The third-order valence-corrected chi connectivity index (χ3v) is 5.82. The lowest BCUT2D eigenvalue weighted by Gasteiger charge is -2.20. The van der Waals surface area contributed by atoms with Gasteiger partial charge in [0.25, 0.3) is 5.24 Å². The molecule has 9 nitrogen and oxygen atoms in total. The van der Waals surface area contributed by atoms with Crippen LogP contribution in [0.25, 0.3) is 11.3 Å². The second-order valence-corrected chi connectivity index (χ2v) is 8.34. The summed E-state index contributed by atoms with van der Waals surface area (Å²) in [7, 11) is 1.61. The molecule has 1 N–H and O–H groups in total. The van der Waals surface area contributed by atoms with Crippen LogP contribution in [0, 0.1) is 20.8 Å². The van der Waals surface area contributed by atoms with Crippen molar-refractivity contribution in [1.82, 2.24) is 15.2 Å². The first-order valence-corrected chi connectivity index (χ1v) is 11.5. The highest BCUT2D eigenvalue weighted by atomic mass is 35.5. The molecule has 0 aliphatic carbocycles. The molecule has 0 unspecified atom stereocenters. The minimum absolute atomic E-state index is 0.232. The molecule has 184 valence electrons. The Labute approximate surface area is 209 Å². The SMILES string of the molecule is CCn1nc(-c2ccc(OCc3c(C)cccc3N(/N=N\NC)C(C)=O)c(C)c2)c(C)c1C(=O)Cl. The number of anilines is 1. The van der Waals surface area contributed by atoms with E-state index in [1.54, 1.807) is 17.8 Å². The van der Waals surface area contributed by atoms with Crippen molar-refractivity contribution in [1.29, 1.82) is 0 Å². The largest absolute Gasteiger partial charge is 0.489 e. The van der Waals surface area contributed by atoms with E-state index in [0.29, 0.717) is 29.4 Å². The second-order valence-electron chi connectivity index (χ2n) is 8.00. The molecule has 3 rings (SSSR count). The van der Waals surface area contributed by atoms with E-state index in [2.05, 4.69) is 21.0 Å². The number of nitrogens with one attached hydrogen (secondary N) is 1. The van der Waals surface area contributed by atoms with E-state index in [-0.39, 0.29) is 12.5 Å². The summed E-state index contributed by atoms with van der Waals surface area (Å²) in [6.45, 7) is 9.85. The Morgan fingerprint density at radius 2 is 1.91 bits per heavy atom. The third-order valence-electron chi connectivity index (χ3n) is 5.64. The maximum absolute atomic E-state index is 12.2. The molecule has 2 aromatic carbocycles. The van der Waals surface area contributed by atoms with Crippen LogP contribution in [0.15, 0.2) is 46.8 Å². The number of ether oxygens (including phenoxy) is 1. The molecular formula is C25H29ClN6O3. The fourth-order valence-corrected chi connectivity index (χ4v) is 4.09. The van der Waals surface area contributed by atoms with Crippen LogP contribution in [-0.4, -0.2) is 28.0 Å². The summed E-state index contributed by atoms with van der Waals surface area (Å²) in [6.07, 6.45) is 0. The van der Waals surface area contributed by atoms with Crippen molar-refractivity contribution in [3.63, 3.8) is 0 Å². The number of rotatable bonds is 9. The highest BCUT2D eigenvalue weighted by Crippen LogP contribution is 2.31. The van der Waals surface area contributed by atoms with E-state index >= 15 is 0 Å². The van der Waals surface area contributed by atoms with Crippen LogP contribution in [-0.2, 0) is 17.9 Å². The van der Waals surface area contributed by atoms with Crippen LogP contribution in [0.2, 0.25) is 0 Å². The van der Waals surface area contributed by atoms with Crippen molar-refractivity contribution in [3.8, 4) is 17.0 Å². The average Bonchev–Trinajstić information content (AvgIpc) is 3.15. The van der Waals surface area contributed by atoms with Crippen molar-refractivity contribution in [2.75, 3.05) is 12.1 Å². The third kappa shape index (κ3) is 5.51. The van der Waals surface area contributed by atoms with Crippen LogP contribution >= 0.6 is 11.6 Å². The van der Waals surface area contributed by atoms with Gasteiger partial charge in [-0.25, -0.2) is 0 Å². The minimum Gasteiger partial charge on any atom is -0.489 e. The van der Waals surface area contributed by atoms with Gasteiger partial charge in [-0.3, -0.25) is 19.7 Å². The van der Waals surface area contributed by atoms with Gasteiger partial charge in [0.05, 0.1) is 11.4 Å². The highest BCUT2D eigenvalue weighted by Gasteiger charge is 2.21. The lowest BCUT2D eigenvalue weighted by atomic mass is 10.0. The maximum Gasteiger partial charge on any atom is 0.270 e. The summed E-state index contributed by atoms with van der Waals surface area (Å²) >= 11 is 5.78. The fourth-order valence-electron chi connectivity index (χ4n) is 3.86. The lowest BCUT2D eigenvalue weighted by Crippen LogP contribution is -2.24. The van der Waals surface area contributed by atoms with E-state index in [1.165, 1.54) is 11.9 Å². The van der Waals surface area contributed by atoms with Gasteiger partial charge in [-0.15, -0.1) is 0 Å². The number of aryl methyl sites for hydroxylation is 3. The zero-order valence-electron chi connectivity index (χ0n) is 20.7. The summed E-state index contributed by atoms with van der Waals surface area (Å²) in [5.74, 6) is 0.420. The molecular weight excluding hydrogens is 468 g/mol. The van der Waals surface area contributed by atoms with E-state index in [9.17, 15) is 9.59 Å². The summed E-state index contributed by atoms with van der Waals surface area (Å²) in [4.78, 5) is 24.1. The topological polar surface area (TPSA) is 101 Å². The van der Waals surface area contributed by atoms with Gasteiger partial charge < -0.3 is 4.74 Å². The summed E-state index contributed by atoms with van der Waals surface area (Å²) in [5.41, 5.74) is 8.56. The zero-order chi connectivity index (χ0) is 25.7. The van der Waals surface area contributed by atoms with Crippen LogP contribution in [0.5, 0.6) is 5.75 Å². The normalized spacial score (nSPS) is 11.1. The van der Waals surface area contributed by atoms with Crippen molar-refractivity contribution in [2.24, 2.45) is 10.4 Å². The number of amides is 1. The Morgan fingerprint density at radius 3 is 2.49 bits per heavy atom. The first kappa shape index (κ1) is 25.9.